The van der Waals surface area contributed by atoms with Gasteiger partial charge in [0.2, 0.25) is 6.29 Å². The van der Waals surface area contributed by atoms with Crippen molar-refractivity contribution >= 4 is 5.97 Å². The highest BCUT2D eigenvalue weighted by Gasteiger charge is 2.08. The van der Waals surface area contributed by atoms with Crippen molar-refractivity contribution in [3.05, 3.63) is 35.5 Å². The molecule has 0 aliphatic carbocycles. The molecule has 17 heavy (non-hydrogen) atoms. The summed E-state index contributed by atoms with van der Waals surface area (Å²) in [5.41, 5.74) is 2.54. The Morgan fingerprint density at radius 1 is 1.35 bits per heavy atom. The van der Waals surface area contributed by atoms with Gasteiger partial charge >= 0.3 is 5.97 Å². The number of aliphatic hydroxyl groups excluding tert-OH is 1. The maximum absolute atomic E-state index is 11.1. The third kappa shape index (κ3) is 8.46. The molecule has 0 aliphatic heterocycles. The van der Waals surface area contributed by atoms with Crippen molar-refractivity contribution < 1.29 is 14.6 Å². The molecule has 96 valence electrons. The van der Waals surface area contributed by atoms with Crippen LogP contribution in [-0.4, -0.2) is 17.4 Å². The first-order valence-corrected chi connectivity index (χ1v) is 5.68. The van der Waals surface area contributed by atoms with Crippen molar-refractivity contribution in [3.8, 4) is 0 Å². The van der Waals surface area contributed by atoms with Crippen molar-refractivity contribution in [1.82, 2.24) is 0 Å². The van der Waals surface area contributed by atoms with Gasteiger partial charge in [0.1, 0.15) is 0 Å². The molecule has 0 saturated carbocycles. The standard InChI is InChI=1S/C14H22O3/c1-10(2)7-6-8-12(5)9-13(15)17-14(16)11(3)4/h7,9,13,15H,3,6,8H2,1-2,4-5H3/b12-9+. The Kier molecular flexibility index (Phi) is 7.22. The van der Waals surface area contributed by atoms with Crippen LogP contribution in [0.1, 0.15) is 40.5 Å². The number of rotatable bonds is 6. The van der Waals surface area contributed by atoms with Crippen LogP contribution >= 0.6 is 0 Å². The molecule has 3 nitrogen and oxygen atoms in total. The highest BCUT2D eigenvalue weighted by Crippen LogP contribution is 2.09. The molecule has 0 rings (SSSR count). The van der Waals surface area contributed by atoms with Gasteiger partial charge in [-0.25, -0.2) is 4.79 Å². The molecule has 0 bridgehead atoms. The maximum atomic E-state index is 11.1. The summed E-state index contributed by atoms with van der Waals surface area (Å²) in [6.45, 7) is 11.0. The lowest BCUT2D eigenvalue weighted by molar-refractivity contribution is -0.155. The number of carbonyl (C=O) groups excluding carboxylic acids is 1. The van der Waals surface area contributed by atoms with Gasteiger partial charge in [-0.15, -0.1) is 0 Å². The Morgan fingerprint density at radius 2 is 1.94 bits per heavy atom. The van der Waals surface area contributed by atoms with Crippen molar-refractivity contribution in [2.45, 2.75) is 46.8 Å². The van der Waals surface area contributed by atoms with Gasteiger partial charge in [0, 0.05) is 5.57 Å². The third-order valence-corrected chi connectivity index (χ3v) is 2.09. The molecule has 0 aromatic heterocycles. The molecule has 0 fully saturated rings. The number of allylic oxidation sites excluding steroid dienone is 3. The summed E-state index contributed by atoms with van der Waals surface area (Å²) in [4.78, 5) is 11.1. The van der Waals surface area contributed by atoms with Crippen LogP contribution in [0.4, 0.5) is 0 Å². The Hall–Kier alpha value is -1.35. The number of hydrogen-bond donors (Lipinski definition) is 1. The van der Waals surface area contributed by atoms with Crippen LogP contribution < -0.4 is 0 Å². The maximum Gasteiger partial charge on any atom is 0.335 e. The predicted molar refractivity (Wildman–Crippen MR) is 69.3 cm³/mol. The minimum Gasteiger partial charge on any atom is -0.429 e. The number of aliphatic hydroxyl groups is 1. The number of ether oxygens (including phenoxy) is 1. The van der Waals surface area contributed by atoms with E-state index >= 15 is 0 Å². The number of hydrogen-bond acceptors (Lipinski definition) is 3. The van der Waals surface area contributed by atoms with E-state index in [2.05, 4.69) is 12.7 Å². The van der Waals surface area contributed by atoms with Crippen LogP contribution in [0.25, 0.3) is 0 Å². The fourth-order valence-corrected chi connectivity index (χ4v) is 1.16. The lowest BCUT2D eigenvalue weighted by Gasteiger charge is -2.09. The fraction of sp³-hybridized carbons (Fsp3) is 0.500. The van der Waals surface area contributed by atoms with Crippen molar-refractivity contribution in [2.24, 2.45) is 0 Å². The average Bonchev–Trinajstić information content (AvgIpc) is 2.16. The molecule has 0 heterocycles. The first-order valence-electron chi connectivity index (χ1n) is 5.68. The van der Waals surface area contributed by atoms with Crippen LogP contribution in [0.15, 0.2) is 35.5 Å². The van der Waals surface area contributed by atoms with Crippen LogP contribution in [0.3, 0.4) is 0 Å². The van der Waals surface area contributed by atoms with E-state index < -0.39 is 12.3 Å². The molecule has 0 amide bonds. The first-order chi connectivity index (χ1) is 7.82. The second-order valence-electron chi connectivity index (χ2n) is 4.41. The van der Waals surface area contributed by atoms with Gasteiger partial charge in [-0.2, -0.15) is 0 Å². The number of carbonyl (C=O) groups is 1. The van der Waals surface area contributed by atoms with Gasteiger partial charge in [0.05, 0.1) is 0 Å². The Labute approximate surface area is 103 Å². The van der Waals surface area contributed by atoms with Gasteiger partial charge in [-0.1, -0.05) is 23.8 Å². The van der Waals surface area contributed by atoms with Crippen LogP contribution in [-0.2, 0) is 9.53 Å². The first kappa shape index (κ1) is 15.7. The summed E-state index contributed by atoms with van der Waals surface area (Å²) in [7, 11) is 0. The SMILES string of the molecule is C=C(C)C(=O)OC(O)/C=C(\C)CCC=C(C)C. The van der Waals surface area contributed by atoms with Gasteiger partial charge < -0.3 is 9.84 Å². The molecular weight excluding hydrogens is 216 g/mol. The van der Waals surface area contributed by atoms with E-state index in [0.29, 0.717) is 0 Å². The van der Waals surface area contributed by atoms with E-state index in [1.165, 1.54) is 5.57 Å². The van der Waals surface area contributed by atoms with Crippen molar-refractivity contribution in [1.29, 1.82) is 0 Å². The van der Waals surface area contributed by atoms with E-state index in [0.717, 1.165) is 18.4 Å². The summed E-state index contributed by atoms with van der Waals surface area (Å²) >= 11 is 0. The normalized spacial score (nSPS) is 12.9. The monoisotopic (exact) mass is 238 g/mol. The molecule has 3 heteroatoms. The molecule has 0 aromatic rings. The van der Waals surface area contributed by atoms with Crippen molar-refractivity contribution in [2.75, 3.05) is 0 Å². The van der Waals surface area contributed by atoms with E-state index in [4.69, 9.17) is 4.74 Å². The molecule has 1 atom stereocenters. The quantitative estimate of drug-likeness (QED) is 0.335. The lowest BCUT2D eigenvalue weighted by atomic mass is 10.1. The summed E-state index contributed by atoms with van der Waals surface area (Å²) in [6.07, 6.45) is 4.24. The highest BCUT2D eigenvalue weighted by molar-refractivity contribution is 5.87. The minimum atomic E-state index is -1.19. The zero-order chi connectivity index (χ0) is 13.4. The summed E-state index contributed by atoms with van der Waals surface area (Å²) in [5, 5.41) is 9.47. The van der Waals surface area contributed by atoms with Crippen LogP contribution in [0.5, 0.6) is 0 Å². The molecule has 0 aromatic carbocycles. The summed E-state index contributed by atoms with van der Waals surface area (Å²) < 4.78 is 4.74. The molecule has 0 saturated heterocycles. The van der Waals surface area contributed by atoms with E-state index in [9.17, 15) is 9.90 Å². The van der Waals surface area contributed by atoms with E-state index in [1.54, 1.807) is 13.0 Å². The molecule has 0 radical (unpaired) electrons. The fourth-order valence-electron chi connectivity index (χ4n) is 1.16. The topological polar surface area (TPSA) is 46.5 Å². The predicted octanol–water partition coefficient (Wildman–Crippen LogP) is 3.12. The summed E-state index contributed by atoms with van der Waals surface area (Å²) in [6, 6.07) is 0. The smallest absolute Gasteiger partial charge is 0.335 e. The molecule has 0 spiro atoms. The van der Waals surface area contributed by atoms with Crippen molar-refractivity contribution in [3.63, 3.8) is 0 Å². The largest absolute Gasteiger partial charge is 0.429 e. The van der Waals surface area contributed by atoms with Gasteiger partial charge in [0.25, 0.3) is 0 Å². The lowest BCUT2D eigenvalue weighted by Crippen LogP contribution is -2.16. The average molecular weight is 238 g/mol. The molecular formula is C14H22O3. The minimum absolute atomic E-state index is 0.277. The van der Waals surface area contributed by atoms with E-state index in [1.807, 2.05) is 20.8 Å². The Bertz CT molecular complexity index is 333. The Morgan fingerprint density at radius 3 is 2.41 bits per heavy atom. The van der Waals surface area contributed by atoms with Gasteiger partial charge in [0.15, 0.2) is 0 Å². The second kappa shape index (κ2) is 7.85. The highest BCUT2D eigenvalue weighted by atomic mass is 16.6. The van der Waals surface area contributed by atoms with E-state index in [-0.39, 0.29) is 5.57 Å². The molecule has 1 N–H and O–H groups in total. The zero-order valence-corrected chi connectivity index (χ0v) is 11.1. The summed E-state index contributed by atoms with van der Waals surface area (Å²) in [5.74, 6) is -0.578. The van der Waals surface area contributed by atoms with Gasteiger partial charge in [-0.3, -0.25) is 0 Å². The zero-order valence-electron chi connectivity index (χ0n) is 11.1. The molecule has 1 unspecified atom stereocenters. The molecule has 0 aliphatic rings. The van der Waals surface area contributed by atoms with Crippen LogP contribution in [0.2, 0.25) is 0 Å². The second-order valence-corrected chi connectivity index (χ2v) is 4.41. The van der Waals surface area contributed by atoms with Crippen LogP contribution in [0, 0.1) is 0 Å². The van der Waals surface area contributed by atoms with Gasteiger partial charge in [-0.05, 0) is 46.6 Å². The Balaban J connectivity index is 4.15. The number of esters is 1. The third-order valence-electron chi connectivity index (χ3n) is 2.09.